The van der Waals surface area contributed by atoms with Crippen molar-refractivity contribution in [2.45, 2.75) is 0 Å². The van der Waals surface area contributed by atoms with Gasteiger partial charge in [0.2, 0.25) is 0 Å². The smallest absolute Gasteiger partial charge is 0.160 e. The Balaban J connectivity index is 1.19. The molecule has 0 fully saturated rings. The van der Waals surface area contributed by atoms with Gasteiger partial charge in [-0.25, -0.2) is 19.9 Å². The molecule has 0 atom stereocenters. The first-order valence-electron chi connectivity index (χ1n) is 18.1. The van der Waals surface area contributed by atoms with Gasteiger partial charge < -0.3 is 4.57 Å². The summed E-state index contributed by atoms with van der Waals surface area (Å²) < 4.78 is 2.33. The lowest BCUT2D eigenvalue weighted by Crippen LogP contribution is -1.96. The van der Waals surface area contributed by atoms with Crippen LogP contribution in [0.1, 0.15) is 0 Å². The maximum atomic E-state index is 5.14. The average Bonchev–Trinajstić information content (AvgIpc) is 3.60. The van der Waals surface area contributed by atoms with Crippen molar-refractivity contribution in [2.75, 3.05) is 0 Å². The lowest BCUT2D eigenvalue weighted by Gasteiger charge is -2.10. The van der Waals surface area contributed by atoms with Crippen LogP contribution in [-0.2, 0) is 0 Å². The monoisotopic (exact) mass is 705 g/mol. The molecule has 10 aromatic rings. The molecule has 5 aromatic heterocycles. The fraction of sp³-hybridized carbons (Fsp3) is 0. The molecule has 0 N–H and O–H groups in total. The van der Waals surface area contributed by atoms with Crippen LogP contribution in [0, 0.1) is 0 Å². The Labute approximate surface area is 317 Å². The predicted molar refractivity (Wildman–Crippen MR) is 220 cm³/mol. The molecule has 0 saturated carbocycles. The molecule has 10 rings (SSSR count). The maximum Gasteiger partial charge on any atom is 0.160 e. The number of nitrogens with zero attached hydrogens (tertiary/aromatic N) is 7. The summed E-state index contributed by atoms with van der Waals surface area (Å²) in [7, 11) is 0. The Hall–Kier alpha value is -7.64. The van der Waals surface area contributed by atoms with E-state index in [4.69, 9.17) is 19.9 Å². The fourth-order valence-corrected chi connectivity index (χ4v) is 7.16. The Morgan fingerprint density at radius 2 is 0.691 bits per heavy atom. The third-order valence-electron chi connectivity index (χ3n) is 9.84. The first-order valence-corrected chi connectivity index (χ1v) is 18.1. The van der Waals surface area contributed by atoms with Gasteiger partial charge in [0.15, 0.2) is 11.6 Å². The summed E-state index contributed by atoms with van der Waals surface area (Å²) >= 11 is 0. The molecule has 0 aliphatic rings. The van der Waals surface area contributed by atoms with Crippen molar-refractivity contribution in [1.29, 1.82) is 0 Å². The highest BCUT2D eigenvalue weighted by molar-refractivity contribution is 6.11. The summed E-state index contributed by atoms with van der Waals surface area (Å²) in [5.41, 5.74) is 12.5. The first-order chi connectivity index (χ1) is 27.2. The lowest BCUT2D eigenvalue weighted by molar-refractivity contribution is 1.17. The summed E-state index contributed by atoms with van der Waals surface area (Å²) in [5, 5.41) is 2.21. The van der Waals surface area contributed by atoms with Crippen molar-refractivity contribution in [1.82, 2.24) is 34.5 Å². The average molecular weight is 706 g/mol. The summed E-state index contributed by atoms with van der Waals surface area (Å²) in [5.74, 6) is 1.34. The van der Waals surface area contributed by atoms with E-state index in [0.717, 1.165) is 83.6 Å². The van der Waals surface area contributed by atoms with E-state index >= 15 is 0 Å². The zero-order chi connectivity index (χ0) is 36.6. The number of pyridine rings is 2. The van der Waals surface area contributed by atoms with Gasteiger partial charge in [-0.3, -0.25) is 9.97 Å². The summed E-state index contributed by atoms with van der Waals surface area (Å²) in [6.07, 6.45) is 7.17. The fourth-order valence-electron chi connectivity index (χ4n) is 7.16. The predicted octanol–water partition coefficient (Wildman–Crippen LogP) is 11.2. The third kappa shape index (κ3) is 6.09. The van der Waals surface area contributed by atoms with Gasteiger partial charge in [-0.05, 0) is 72.8 Å². The molecule has 0 spiro atoms. The molecule has 7 nitrogen and oxygen atoms in total. The number of aromatic nitrogens is 7. The molecule has 0 amide bonds. The molecular weight excluding hydrogens is 675 g/mol. The van der Waals surface area contributed by atoms with E-state index in [1.54, 1.807) is 24.8 Å². The second kappa shape index (κ2) is 13.7. The largest absolute Gasteiger partial charge is 0.309 e. The molecule has 55 heavy (non-hydrogen) atoms. The molecule has 0 aliphatic carbocycles. The first kappa shape index (κ1) is 32.0. The van der Waals surface area contributed by atoms with Gasteiger partial charge in [0.25, 0.3) is 0 Å². The van der Waals surface area contributed by atoms with Crippen molar-refractivity contribution in [3.8, 4) is 73.5 Å². The number of hydrogen-bond donors (Lipinski definition) is 0. The van der Waals surface area contributed by atoms with Crippen LogP contribution in [0.4, 0.5) is 0 Å². The van der Waals surface area contributed by atoms with Gasteiger partial charge >= 0.3 is 0 Å². The number of para-hydroxylation sites is 1. The molecule has 5 heterocycles. The number of hydrogen-bond acceptors (Lipinski definition) is 6. The summed E-state index contributed by atoms with van der Waals surface area (Å²) in [6, 6.07) is 56.0. The van der Waals surface area contributed by atoms with E-state index in [1.807, 2.05) is 91.0 Å². The molecule has 0 bridgehead atoms. The van der Waals surface area contributed by atoms with E-state index in [-0.39, 0.29) is 0 Å². The molecule has 5 aromatic carbocycles. The van der Waals surface area contributed by atoms with Crippen molar-refractivity contribution < 1.29 is 0 Å². The number of fused-ring (bicyclic) bond motifs is 3. The van der Waals surface area contributed by atoms with Crippen LogP contribution >= 0.6 is 0 Å². The minimum absolute atomic E-state index is 0.669. The van der Waals surface area contributed by atoms with Gasteiger partial charge in [0.1, 0.15) is 0 Å². The van der Waals surface area contributed by atoms with E-state index < -0.39 is 0 Å². The highest BCUT2D eigenvalue weighted by Gasteiger charge is 2.18. The molecule has 0 aliphatic heterocycles. The molecular formula is C48H31N7. The summed E-state index contributed by atoms with van der Waals surface area (Å²) in [6.45, 7) is 0. The molecule has 7 heteroatoms. The van der Waals surface area contributed by atoms with Crippen LogP contribution in [0.3, 0.4) is 0 Å². The maximum absolute atomic E-state index is 5.14. The van der Waals surface area contributed by atoms with Gasteiger partial charge in [-0.2, -0.15) is 0 Å². The van der Waals surface area contributed by atoms with Crippen LogP contribution in [0.25, 0.3) is 95.3 Å². The Morgan fingerprint density at radius 1 is 0.309 bits per heavy atom. The Morgan fingerprint density at radius 3 is 1.11 bits per heavy atom. The quantitative estimate of drug-likeness (QED) is 0.164. The van der Waals surface area contributed by atoms with Gasteiger partial charge in [0.05, 0.1) is 33.8 Å². The van der Waals surface area contributed by atoms with Crippen LogP contribution in [0.2, 0.25) is 0 Å². The van der Waals surface area contributed by atoms with Crippen molar-refractivity contribution >= 4 is 21.8 Å². The topological polar surface area (TPSA) is 82.3 Å². The molecule has 258 valence electrons. The van der Waals surface area contributed by atoms with E-state index in [9.17, 15) is 0 Å². The van der Waals surface area contributed by atoms with E-state index in [0.29, 0.717) is 11.6 Å². The second-order valence-corrected chi connectivity index (χ2v) is 13.3. The summed E-state index contributed by atoms with van der Waals surface area (Å²) in [4.78, 5) is 28.7. The van der Waals surface area contributed by atoms with E-state index in [1.165, 1.54) is 0 Å². The van der Waals surface area contributed by atoms with Crippen molar-refractivity contribution in [2.24, 2.45) is 0 Å². The van der Waals surface area contributed by atoms with Crippen LogP contribution in [-0.4, -0.2) is 34.5 Å². The van der Waals surface area contributed by atoms with Gasteiger partial charge in [0, 0.05) is 74.6 Å². The highest BCUT2D eigenvalue weighted by atomic mass is 15.0. The van der Waals surface area contributed by atoms with Gasteiger partial charge in [-0.1, -0.05) is 91.0 Å². The van der Waals surface area contributed by atoms with Crippen LogP contribution < -0.4 is 0 Å². The molecule has 0 unspecified atom stereocenters. The van der Waals surface area contributed by atoms with Crippen LogP contribution in [0.5, 0.6) is 0 Å². The highest BCUT2D eigenvalue weighted by Crippen LogP contribution is 2.38. The number of rotatable bonds is 7. The standard InChI is InChI=1S/C48H31N7/c1-4-10-34(11-5-1)47-51-41(32-20-24-49-25-21-32)30-43(53-47)36-16-18-45-39(28-36)40-29-37(17-19-46(40)55(45)38-14-8-3-9-15-38)44-31-42(33-22-26-50-27-23-33)52-48(54-44)35-12-6-2-7-13-35/h1-31H. The SMILES string of the molecule is c1ccc(-c2nc(-c3ccncc3)cc(-c3ccc4c(c3)c3cc(-c5cc(-c6ccncc6)nc(-c6ccccc6)n5)ccc3n4-c3ccccc3)n2)cc1. The second-order valence-electron chi connectivity index (χ2n) is 13.3. The minimum Gasteiger partial charge on any atom is -0.309 e. The third-order valence-corrected chi connectivity index (χ3v) is 9.84. The molecule has 0 radical (unpaired) electrons. The molecule has 0 saturated heterocycles. The zero-order valence-electron chi connectivity index (χ0n) is 29.5. The zero-order valence-corrected chi connectivity index (χ0v) is 29.5. The normalized spacial score (nSPS) is 11.3. The Kier molecular flexibility index (Phi) is 8.00. The van der Waals surface area contributed by atoms with Crippen LogP contribution in [0.15, 0.2) is 189 Å². The van der Waals surface area contributed by atoms with E-state index in [2.05, 4.69) is 87.3 Å². The minimum atomic E-state index is 0.669. The lowest BCUT2D eigenvalue weighted by atomic mass is 10.0. The van der Waals surface area contributed by atoms with Crippen molar-refractivity contribution in [3.63, 3.8) is 0 Å². The number of benzene rings is 5. The van der Waals surface area contributed by atoms with Gasteiger partial charge in [-0.15, -0.1) is 0 Å². The van der Waals surface area contributed by atoms with Crippen molar-refractivity contribution in [3.05, 3.63) is 189 Å². The Bertz CT molecular complexity index is 2650.